The zero-order chi connectivity index (χ0) is 13.5. The number of carbonyl (C=O) groups excluding carboxylic acids is 1. The van der Waals surface area contributed by atoms with Crippen LogP contribution in [0, 0.1) is 23.3 Å². The van der Waals surface area contributed by atoms with E-state index < -0.39 is 0 Å². The zero-order valence-electron chi connectivity index (χ0n) is 11.9. The van der Waals surface area contributed by atoms with Crippen LogP contribution < -0.4 is 0 Å². The maximum atomic E-state index is 12.2. The molecule has 2 aliphatic rings. The lowest BCUT2D eigenvalue weighted by Gasteiger charge is -2.30. The smallest absolute Gasteiger partial charge is 0.225 e. The lowest BCUT2D eigenvalue weighted by Crippen LogP contribution is -2.40. The van der Waals surface area contributed by atoms with Crippen molar-refractivity contribution in [1.29, 1.82) is 5.26 Å². The molecule has 0 spiro atoms. The number of likely N-dealkylation sites (tertiary alicyclic amines) is 2. The molecule has 2 rings (SSSR count). The van der Waals surface area contributed by atoms with Crippen molar-refractivity contribution in [2.75, 3.05) is 26.2 Å². The maximum Gasteiger partial charge on any atom is 0.225 e. The van der Waals surface area contributed by atoms with E-state index in [4.69, 9.17) is 5.26 Å². The molecule has 4 heteroatoms. The molecule has 2 saturated heterocycles. The number of nitriles is 1. The van der Waals surface area contributed by atoms with Crippen molar-refractivity contribution in [1.82, 2.24) is 9.80 Å². The van der Waals surface area contributed by atoms with Gasteiger partial charge in [0.25, 0.3) is 0 Å². The second-order valence-corrected chi connectivity index (χ2v) is 5.04. The number of hydrogen-bond donors (Lipinski definition) is 0. The lowest BCUT2D eigenvalue weighted by atomic mass is 9.96. The SMILES string of the molecule is CC.CC1CCN(C(=O)C2CCN(C#N)CC2)C1. The fourth-order valence-corrected chi connectivity index (χ4v) is 2.62. The summed E-state index contributed by atoms with van der Waals surface area (Å²) in [6.07, 6.45) is 4.98. The van der Waals surface area contributed by atoms with E-state index in [0.717, 1.165) is 45.4 Å². The third-order valence-electron chi connectivity index (χ3n) is 3.72. The van der Waals surface area contributed by atoms with E-state index in [9.17, 15) is 4.79 Å². The van der Waals surface area contributed by atoms with Crippen LogP contribution in [-0.4, -0.2) is 41.9 Å². The molecule has 1 amide bonds. The minimum absolute atomic E-state index is 0.162. The van der Waals surface area contributed by atoms with Gasteiger partial charge in [0.05, 0.1) is 0 Å². The van der Waals surface area contributed by atoms with E-state index >= 15 is 0 Å². The van der Waals surface area contributed by atoms with Crippen molar-refractivity contribution in [3.05, 3.63) is 0 Å². The van der Waals surface area contributed by atoms with Gasteiger partial charge in [0.1, 0.15) is 0 Å². The van der Waals surface area contributed by atoms with Crippen LogP contribution in [0.2, 0.25) is 0 Å². The minimum atomic E-state index is 0.162. The van der Waals surface area contributed by atoms with Crippen molar-refractivity contribution >= 4 is 5.91 Å². The van der Waals surface area contributed by atoms with Gasteiger partial charge in [0, 0.05) is 32.1 Å². The van der Waals surface area contributed by atoms with Crippen molar-refractivity contribution in [2.45, 2.75) is 40.0 Å². The maximum absolute atomic E-state index is 12.2. The fraction of sp³-hybridized carbons (Fsp3) is 0.857. The van der Waals surface area contributed by atoms with Gasteiger partial charge in [-0.2, -0.15) is 5.26 Å². The highest BCUT2D eigenvalue weighted by Crippen LogP contribution is 2.23. The second-order valence-electron chi connectivity index (χ2n) is 5.04. The summed E-state index contributed by atoms with van der Waals surface area (Å²) in [4.78, 5) is 15.9. The first-order valence-corrected chi connectivity index (χ1v) is 7.14. The van der Waals surface area contributed by atoms with Crippen LogP contribution in [0.5, 0.6) is 0 Å². The third kappa shape index (κ3) is 3.63. The van der Waals surface area contributed by atoms with Gasteiger partial charge in [0.2, 0.25) is 5.91 Å². The Kier molecular flexibility index (Phi) is 5.97. The average molecular weight is 251 g/mol. The van der Waals surface area contributed by atoms with Gasteiger partial charge in [-0.1, -0.05) is 20.8 Å². The first-order chi connectivity index (χ1) is 8.70. The van der Waals surface area contributed by atoms with Gasteiger partial charge in [0.15, 0.2) is 6.19 Å². The Balaban J connectivity index is 0.000000771. The van der Waals surface area contributed by atoms with Gasteiger partial charge in [-0.15, -0.1) is 0 Å². The van der Waals surface area contributed by atoms with Crippen LogP contribution in [0.25, 0.3) is 0 Å². The molecular formula is C14H25N3O. The molecule has 0 aromatic heterocycles. The highest BCUT2D eigenvalue weighted by Gasteiger charge is 2.31. The zero-order valence-corrected chi connectivity index (χ0v) is 11.9. The first kappa shape index (κ1) is 14.8. The molecule has 0 saturated carbocycles. The molecule has 0 radical (unpaired) electrons. The van der Waals surface area contributed by atoms with Crippen molar-refractivity contribution in [3.8, 4) is 6.19 Å². The summed E-state index contributed by atoms with van der Waals surface area (Å²) in [6.45, 7) is 9.55. The monoisotopic (exact) mass is 251 g/mol. The van der Waals surface area contributed by atoms with Gasteiger partial charge in [-0.05, 0) is 25.2 Å². The molecule has 2 fully saturated rings. The summed E-state index contributed by atoms with van der Waals surface area (Å²) in [7, 11) is 0. The molecule has 102 valence electrons. The van der Waals surface area contributed by atoms with Crippen molar-refractivity contribution in [3.63, 3.8) is 0 Å². The third-order valence-corrected chi connectivity index (χ3v) is 3.72. The van der Waals surface area contributed by atoms with Crippen LogP contribution in [0.15, 0.2) is 0 Å². The topological polar surface area (TPSA) is 47.3 Å². The molecular weight excluding hydrogens is 226 g/mol. The molecule has 18 heavy (non-hydrogen) atoms. The molecule has 0 aromatic rings. The number of carbonyl (C=O) groups is 1. The van der Waals surface area contributed by atoms with E-state index in [-0.39, 0.29) is 5.92 Å². The highest BCUT2D eigenvalue weighted by atomic mass is 16.2. The van der Waals surface area contributed by atoms with Crippen LogP contribution in [-0.2, 0) is 4.79 Å². The molecule has 4 nitrogen and oxygen atoms in total. The Morgan fingerprint density at radius 2 is 1.78 bits per heavy atom. The number of nitrogens with zero attached hydrogens (tertiary/aromatic N) is 3. The Morgan fingerprint density at radius 1 is 1.17 bits per heavy atom. The summed E-state index contributed by atoms with van der Waals surface area (Å²) >= 11 is 0. The van der Waals surface area contributed by atoms with E-state index in [1.165, 1.54) is 0 Å². The molecule has 2 aliphatic heterocycles. The van der Waals surface area contributed by atoms with Crippen LogP contribution in [0.1, 0.15) is 40.0 Å². The average Bonchev–Trinajstić information content (AvgIpc) is 2.87. The molecule has 1 unspecified atom stereocenters. The van der Waals surface area contributed by atoms with E-state index in [1.807, 2.05) is 18.7 Å². The van der Waals surface area contributed by atoms with Gasteiger partial charge >= 0.3 is 0 Å². The van der Waals surface area contributed by atoms with E-state index in [1.54, 1.807) is 4.90 Å². The summed E-state index contributed by atoms with van der Waals surface area (Å²) in [5.41, 5.74) is 0. The highest BCUT2D eigenvalue weighted by molar-refractivity contribution is 5.79. The summed E-state index contributed by atoms with van der Waals surface area (Å²) in [6, 6.07) is 0. The summed E-state index contributed by atoms with van der Waals surface area (Å²) < 4.78 is 0. The van der Waals surface area contributed by atoms with Crippen LogP contribution in [0.4, 0.5) is 0 Å². The van der Waals surface area contributed by atoms with Crippen LogP contribution in [0.3, 0.4) is 0 Å². The Hall–Kier alpha value is -1.24. The Morgan fingerprint density at radius 3 is 2.22 bits per heavy atom. The van der Waals surface area contributed by atoms with Crippen molar-refractivity contribution in [2.24, 2.45) is 11.8 Å². The molecule has 1 atom stereocenters. The molecule has 2 heterocycles. The molecule has 0 N–H and O–H groups in total. The summed E-state index contributed by atoms with van der Waals surface area (Å²) in [5.74, 6) is 1.14. The molecule has 0 aliphatic carbocycles. The van der Waals surface area contributed by atoms with Crippen molar-refractivity contribution < 1.29 is 4.79 Å². The van der Waals surface area contributed by atoms with Crippen LogP contribution >= 0.6 is 0 Å². The predicted molar refractivity (Wildman–Crippen MR) is 71.6 cm³/mol. The predicted octanol–water partition coefficient (Wildman–Crippen LogP) is 2.07. The number of rotatable bonds is 1. The number of piperidine rings is 1. The van der Waals surface area contributed by atoms with Gasteiger partial charge in [-0.25, -0.2) is 0 Å². The van der Waals surface area contributed by atoms with E-state index in [2.05, 4.69) is 13.1 Å². The first-order valence-electron chi connectivity index (χ1n) is 7.14. The normalized spacial score (nSPS) is 24.2. The van der Waals surface area contributed by atoms with Gasteiger partial charge < -0.3 is 9.80 Å². The number of amides is 1. The van der Waals surface area contributed by atoms with E-state index in [0.29, 0.717) is 11.8 Å². The molecule has 0 bridgehead atoms. The standard InChI is InChI=1S/C12H19N3O.C2H6/c1-10-2-7-15(8-10)12(16)11-3-5-14(9-13)6-4-11;1-2/h10-11H,2-8H2,1H3;1-2H3. The minimum Gasteiger partial charge on any atom is -0.342 e. The Labute approximate surface area is 111 Å². The lowest BCUT2D eigenvalue weighted by molar-refractivity contribution is -0.135. The second kappa shape index (κ2) is 7.25. The number of hydrogen-bond acceptors (Lipinski definition) is 3. The fourth-order valence-electron chi connectivity index (χ4n) is 2.62. The molecule has 0 aromatic carbocycles. The summed E-state index contributed by atoms with van der Waals surface area (Å²) in [5, 5.41) is 8.74. The largest absolute Gasteiger partial charge is 0.342 e. The quantitative estimate of drug-likeness (QED) is 0.670. The van der Waals surface area contributed by atoms with Gasteiger partial charge in [-0.3, -0.25) is 4.79 Å². The Bertz CT molecular complexity index is 303.